The van der Waals surface area contributed by atoms with E-state index in [2.05, 4.69) is 0 Å². The van der Waals surface area contributed by atoms with E-state index in [0.29, 0.717) is 10.6 Å². The van der Waals surface area contributed by atoms with Crippen molar-refractivity contribution < 1.29 is 5.11 Å². The normalized spacial score (nSPS) is 13.1. The number of alkyl halides is 1. The lowest BCUT2D eigenvalue weighted by molar-refractivity contribution is 0.263. The fourth-order valence-corrected chi connectivity index (χ4v) is 0.893. The summed E-state index contributed by atoms with van der Waals surface area (Å²) in [5, 5.41) is 9.48. The van der Waals surface area contributed by atoms with Crippen molar-refractivity contribution in [3.63, 3.8) is 0 Å². The molecule has 0 amide bonds. The van der Waals surface area contributed by atoms with Crippen molar-refractivity contribution in [1.82, 2.24) is 0 Å². The van der Waals surface area contributed by atoms with Crippen LogP contribution >= 0.6 is 23.2 Å². The van der Waals surface area contributed by atoms with Crippen LogP contribution in [-0.4, -0.2) is 5.11 Å². The maximum Gasteiger partial charge on any atom is 0.153 e. The number of halogens is 2. The van der Waals surface area contributed by atoms with Gasteiger partial charge in [-0.25, -0.2) is 0 Å². The highest BCUT2D eigenvalue weighted by molar-refractivity contribution is 6.30. The van der Waals surface area contributed by atoms with Crippen LogP contribution in [0.3, 0.4) is 0 Å². The molecule has 1 aromatic rings. The van der Waals surface area contributed by atoms with Crippen LogP contribution < -0.4 is 0 Å². The second-order valence-corrected chi connectivity index (χ2v) is 2.74. The van der Waals surface area contributed by atoms with E-state index >= 15 is 0 Å². The largest absolute Gasteiger partial charge is 0.373 e. The SMILES string of the molecule is OC(Cl)c1ccc(Cl)cc1. The number of aliphatic hydroxyl groups is 1. The van der Waals surface area contributed by atoms with Crippen molar-refractivity contribution in [3.05, 3.63) is 34.9 Å². The predicted octanol–water partition coefficient (Wildman–Crippen LogP) is 2.57. The number of benzene rings is 1. The van der Waals surface area contributed by atoms with E-state index in [4.69, 9.17) is 28.3 Å². The van der Waals surface area contributed by atoms with Crippen LogP contribution in [0.25, 0.3) is 0 Å². The molecule has 0 radical (unpaired) electrons. The average Bonchev–Trinajstić information content (AvgIpc) is 1.88. The first-order chi connectivity index (χ1) is 4.70. The van der Waals surface area contributed by atoms with Gasteiger partial charge in [0, 0.05) is 5.02 Å². The first-order valence-electron chi connectivity index (χ1n) is 2.78. The summed E-state index contributed by atoms with van der Waals surface area (Å²) in [5.41, 5.74) is -0.275. The van der Waals surface area contributed by atoms with E-state index < -0.39 is 5.56 Å². The summed E-state index contributed by atoms with van der Waals surface area (Å²) in [6.07, 6.45) is 0. The Labute approximate surface area is 69.2 Å². The Morgan fingerprint density at radius 1 is 1.20 bits per heavy atom. The number of hydrogen-bond acceptors (Lipinski definition) is 1. The van der Waals surface area contributed by atoms with Gasteiger partial charge < -0.3 is 5.11 Å². The summed E-state index contributed by atoms with van der Waals surface area (Å²) in [4.78, 5) is 0. The lowest BCUT2D eigenvalue weighted by Crippen LogP contribution is -1.85. The third-order valence-corrected chi connectivity index (χ3v) is 1.65. The second kappa shape index (κ2) is 3.24. The molecule has 0 saturated heterocycles. The summed E-state index contributed by atoms with van der Waals surface area (Å²) in [6.45, 7) is 0. The average molecular weight is 177 g/mol. The van der Waals surface area contributed by atoms with Crippen molar-refractivity contribution in [3.8, 4) is 0 Å². The number of rotatable bonds is 1. The molecule has 0 heterocycles. The molecule has 1 rings (SSSR count). The highest BCUT2D eigenvalue weighted by Gasteiger charge is 1.99. The Hall–Kier alpha value is -0.240. The van der Waals surface area contributed by atoms with Gasteiger partial charge in [0.1, 0.15) is 0 Å². The van der Waals surface area contributed by atoms with Crippen molar-refractivity contribution in [2.24, 2.45) is 0 Å². The molecule has 0 fully saturated rings. The Bertz CT molecular complexity index is 205. The molecular formula is C7H6Cl2O. The van der Waals surface area contributed by atoms with Crippen LogP contribution in [0.1, 0.15) is 11.1 Å². The minimum atomic E-state index is -0.933. The van der Waals surface area contributed by atoms with Gasteiger partial charge in [-0.15, -0.1) is 0 Å². The lowest BCUT2D eigenvalue weighted by atomic mass is 10.2. The van der Waals surface area contributed by atoms with Crippen LogP contribution in [0.5, 0.6) is 0 Å². The smallest absolute Gasteiger partial charge is 0.153 e. The number of hydrogen-bond donors (Lipinski definition) is 1. The summed E-state index contributed by atoms with van der Waals surface area (Å²) >= 11 is 11.0. The van der Waals surface area contributed by atoms with Crippen molar-refractivity contribution in [2.45, 2.75) is 5.56 Å². The van der Waals surface area contributed by atoms with Gasteiger partial charge in [-0.05, 0) is 17.7 Å². The maximum absolute atomic E-state index is 8.84. The minimum Gasteiger partial charge on any atom is -0.373 e. The van der Waals surface area contributed by atoms with Crippen molar-refractivity contribution in [1.29, 1.82) is 0 Å². The lowest BCUT2D eigenvalue weighted by Gasteiger charge is -2.00. The second-order valence-electron chi connectivity index (χ2n) is 1.89. The van der Waals surface area contributed by atoms with Gasteiger partial charge >= 0.3 is 0 Å². The molecule has 0 aliphatic rings. The van der Waals surface area contributed by atoms with E-state index in [0.717, 1.165) is 0 Å². The fraction of sp³-hybridized carbons (Fsp3) is 0.143. The molecule has 0 saturated carbocycles. The highest BCUT2D eigenvalue weighted by atomic mass is 35.5. The molecule has 1 aromatic carbocycles. The third kappa shape index (κ3) is 1.87. The van der Waals surface area contributed by atoms with Gasteiger partial charge in [0.25, 0.3) is 0 Å². The fourth-order valence-electron chi connectivity index (χ4n) is 0.622. The van der Waals surface area contributed by atoms with E-state index in [9.17, 15) is 0 Å². The van der Waals surface area contributed by atoms with Crippen molar-refractivity contribution in [2.75, 3.05) is 0 Å². The first-order valence-corrected chi connectivity index (χ1v) is 3.59. The molecule has 0 aromatic heterocycles. The molecule has 1 nitrogen and oxygen atoms in total. The van der Waals surface area contributed by atoms with Gasteiger partial charge in [0.2, 0.25) is 0 Å². The maximum atomic E-state index is 8.84. The molecule has 0 aliphatic carbocycles. The van der Waals surface area contributed by atoms with Crippen LogP contribution in [-0.2, 0) is 0 Å². The zero-order valence-corrected chi connectivity index (χ0v) is 6.60. The molecule has 3 heteroatoms. The van der Waals surface area contributed by atoms with Crippen LogP contribution in [0, 0.1) is 0 Å². The van der Waals surface area contributed by atoms with E-state index in [1.54, 1.807) is 24.3 Å². The molecular weight excluding hydrogens is 171 g/mol. The van der Waals surface area contributed by atoms with E-state index in [1.165, 1.54) is 0 Å². The molecule has 1 unspecified atom stereocenters. The van der Waals surface area contributed by atoms with E-state index in [1.807, 2.05) is 0 Å². The summed E-state index contributed by atoms with van der Waals surface area (Å²) in [5.74, 6) is 0. The Balaban J connectivity index is 2.89. The quantitative estimate of drug-likeness (QED) is 0.653. The third-order valence-electron chi connectivity index (χ3n) is 1.15. The van der Waals surface area contributed by atoms with Gasteiger partial charge in [0.05, 0.1) is 0 Å². The summed E-state index contributed by atoms with van der Waals surface area (Å²) in [7, 11) is 0. The summed E-state index contributed by atoms with van der Waals surface area (Å²) < 4.78 is 0. The number of aliphatic hydroxyl groups excluding tert-OH is 1. The van der Waals surface area contributed by atoms with Gasteiger partial charge in [0.15, 0.2) is 5.56 Å². The van der Waals surface area contributed by atoms with Gasteiger partial charge in [-0.2, -0.15) is 0 Å². The standard InChI is InChI=1S/C7H6Cl2O/c8-6-3-1-5(2-4-6)7(9)10/h1-4,7,10H. The zero-order valence-electron chi connectivity index (χ0n) is 5.09. The zero-order chi connectivity index (χ0) is 7.56. The molecule has 10 heavy (non-hydrogen) atoms. The minimum absolute atomic E-state index is 0.640. The summed E-state index contributed by atoms with van der Waals surface area (Å²) in [6, 6.07) is 6.73. The van der Waals surface area contributed by atoms with Gasteiger partial charge in [-0.3, -0.25) is 0 Å². The van der Waals surface area contributed by atoms with Crippen LogP contribution in [0.15, 0.2) is 24.3 Å². The van der Waals surface area contributed by atoms with Crippen molar-refractivity contribution >= 4 is 23.2 Å². The Morgan fingerprint density at radius 3 is 2.10 bits per heavy atom. The first kappa shape index (κ1) is 7.86. The topological polar surface area (TPSA) is 20.2 Å². The predicted molar refractivity (Wildman–Crippen MR) is 42.3 cm³/mol. The molecule has 0 spiro atoms. The molecule has 1 atom stereocenters. The molecule has 0 aliphatic heterocycles. The Kier molecular flexibility index (Phi) is 2.55. The monoisotopic (exact) mass is 176 g/mol. The van der Waals surface area contributed by atoms with E-state index in [-0.39, 0.29) is 0 Å². The Morgan fingerprint density at radius 2 is 1.70 bits per heavy atom. The van der Waals surface area contributed by atoms with Gasteiger partial charge in [-0.1, -0.05) is 35.3 Å². The molecule has 54 valence electrons. The molecule has 1 N–H and O–H groups in total. The van der Waals surface area contributed by atoms with Crippen LogP contribution in [0.4, 0.5) is 0 Å². The molecule has 0 bridgehead atoms. The highest BCUT2D eigenvalue weighted by Crippen LogP contribution is 2.18. The van der Waals surface area contributed by atoms with Crippen LogP contribution in [0.2, 0.25) is 5.02 Å².